The molecule has 0 bridgehead atoms. The number of aryl methyl sites for hydroxylation is 1. The van der Waals surface area contributed by atoms with Gasteiger partial charge in [-0.1, -0.05) is 17.7 Å². The molecule has 0 aliphatic carbocycles. The van der Waals surface area contributed by atoms with Gasteiger partial charge in [0.1, 0.15) is 5.78 Å². The van der Waals surface area contributed by atoms with Crippen molar-refractivity contribution < 1.29 is 9.59 Å². The standard InChI is InChI=1S/C18H24N2O2/c1-13-3-5-15(6-4-13)18(22)20-11-16(12-20)17(21)14-7-9-19(2)10-8-14/h3-6,14,16H,7-12H2,1-2H3. The van der Waals surface area contributed by atoms with Crippen LogP contribution in [-0.4, -0.2) is 54.7 Å². The second-order valence-electron chi connectivity index (χ2n) is 6.75. The van der Waals surface area contributed by atoms with Crippen molar-refractivity contribution in [3.05, 3.63) is 35.4 Å². The molecule has 2 saturated heterocycles. The SMILES string of the molecule is Cc1ccc(C(=O)N2CC(C(=O)C3CCN(C)CC3)C2)cc1. The monoisotopic (exact) mass is 300 g/mol. The van der Waals surface area contributed by atoms with Crippen LogP contribution in [0.25, 0.3) is 0 Å². The van der Waals surface area contributed by atoms with Gasteiger partial charge in [0.15, 0.2) is 0 Å². The fraction of sp³-hybridized carbons (Fsp3) is 0.556. The first-order chi connectivity index (χ1) is 10.5. The Hall–Kier alpha value is -1.68. The predicted octanol–water partition coefficient (Wildman–Crippen LogP) is 1.98. The lowest BCUT2D eigenvalue weighted by atomic mass is 9.82. The Morgan fingerprint density at radius 2 is 1.59 bits per heavy atom. The second-order valence-corrected chi connectivity index (χ2v) is 6.75. The molecule has 0 unspecified atom stereocenters. The number of ketones is 1. The Morgan fingerprint density at radius 1 is 1.00 bits per heavy atom. The van der Waals surface area contributed by atoms with E-state index in [9.17, 15) is 9.59 Å². The number of carbonyl (C=O) groups excluding carboxylic acids is 2. The lowest BCUT2D eigenvalue weighted by Crippen LogP contribution is -2.54. The van der Waals surface area contributed by atoms with E-state index in [2.05, 4.69) is 11.9 Å². The van der Waals surface area contributed by atoms with Crippen LogP contribution in [0.1, 0.15) is 28.8 Å². The van der Waals surface area contributed by atoms with E-state index >= 15 is 0 Å². The molecule has 2 fully saturated rings. The summed E-state index contributed by atoms with van der Waals surface area (Å²) in [6.07, 6.45) is 1.94. The number of Topliss-reactive ketones (excluding diaryl/α,β-unsaturated/α-hetero) is 1. The highest BCUT2D eigenvalue weighted by molar-refractivity contribution is 5.96. The Balaban J connectivity index is 1.52. The molecule has 1 aromatic carbocycles. The molecule has 4 nitrogen and oxygen atoms in total. The zero-order chi connectivity index (χ0) is 15.7. The summed E-state index contributed by atoms with van der Waals surface area (Å²) in [6.45, 7) is 5.22. The fourth-order valence-corrected chi connectivity index (χ4v) is 3.33. The van der Waals surface area contributed by atoms with Crippen molar-refractivity contribution in [2.24, 2.45) is 11.8 Å². The van der Waals surface area contributed by atoms with Gasteiger partial charge in [0.05, 0.1) is 5.92 Å². The summed E-state index contributed by atoms with van der Waals surface area (Å²) in [5.41, 5.74) is 1.87. The molecule has 0 radical (unpaired) electrons. The first-order valence-electron chi connectivity index (χ1n) is 8.13. The van der Waals surface area contributed by atoms with E-state index in [4.69, 9.17) is 0 Å². The molecule has 3 rings (SSSR count). The molecule has 22 heavy (non-hydrogen) atoms. The maximum Gasteiger partial charge on any atom is 0.253 e. The van der Waals surface area contributed by atoms with Crippen molar-refractivity contribution >= 4 is 11.7 Å². The van der Waals surface area contributed by atoms with Crippen molar-refractivity contribution in [2.75, 3.05) is 33.2 Å². The highest BCUT2D eigenvalue weighted by Gasteiger charge is 2.39. The lowest BCUT2D eigenvalue weighted by molar-refractivity contribution is -0.132. The number of hydrogen-bond donors (Lipinski definition) is 0. The van der Waals surface area contributed by atoms with Crippen LogP contribution in [-0.2, 0) is 4.79 Å². The zero-order valence-corrected chi connectivity index (χ0v) is 13.4. The van der Waals surface area contributed by atoms with E-state index in [1.807, 2.05) is 31.2 Å². The van der Waals surface area contributed by atoms with E-state index in [1.54, 1.807) is 4.90 Å². The zero-order valence-electron chi connectivity index (χ0n) is 13.4. The average Bonchev–Trinajstić information content (AvgIpc) is 2.47. The number of likely N-dealkylation sites (tertiary alicyclic amines) is 2. The number of piperidine rings is 1. The summed E-state index contributed by atoms with van der Waals surface area (Å²) >= 11 is 0. The highest BCUT2D eigenvalue weighted by Crippen LogP contribution is 2.27. The minimum absolute atomic E-state index is 0.0485. The Kier molecular flexibility index (Phi) is 4.30. The maximum absolute atomic E-state index is 12.5. The topological polar surface area (TPSA) is 40.6 Å². The third kappa shape index (κ3) is 3.07. The third-order valence-corrected chi connectivity index (χ3v) is 4.99. The highest BCUT2D eigenvalue weighted by atomic mass is 16.2. The molecule has 0 spiro atoms. The Bertz CT molecular complexity index is 553. The summed E-state index contributed by atoms with van der Waals surface area (Å²) in [4.78, 5) is 28.9. The number of rotatable bonds is 3. The predicted molar refractivity (Wildman–Crippen MR) is 85.8 cm³/mol. The van der Waals surface area contributed by atoms with E-state index in [0.29, 0.717) is 18.9 Å². The summed E-state index contributed by atoms with van der Waals surface area (Å²) in [5.74, 6) is 0.689. The molecular weight excluding hydrogens is 276 g/mol. The summed E-state index contributed by atoms with van der Waals surface area (Å²) in [5, 5.41) is 0. The number of amides is 1. The van der Waals surface area contributed by atoms with E-state index in [0.717, 1.165) is 37.1 Å². The number of carbonyl (C=O) groups is 2. The van der Waals surface area contributed by atoms with Crippen molar-refractivity contribution in [1.29, 1.82) is 0 Å². The molecule has 1 amide bonds. The van der Waals surface area contributed by atoms with E-state index < -0.39 is 0 Å². The average molecular weight is 300 g/mol. The Labute approximate surface area is 132 Å². The molecule has 2 aliphatic heterocycles. The smallest absolute Gasteiger partial charge is 0.253 e. The van der Waals surface area contributed by atoms with E-state index in [-0.39, 0.29) is 17.7 Å². The van der Waals surface area contributed by atoms with Crippen LogP contribution in [0.3, 0.4) is 0 Å². The van der Waals surface area contributed by atoms with Gasteiger partial charge in [-0.15, -0.1) is 0 Å². The van der Waals surface area contributed by atoms with Gasteiger partial charge >= 0.3 is 0 Å². The number of hydrogen-bond acceptors (Lipinski definition) is 3. The van der Waals surface area contributed by atoms with Gasteiger partial charge in [-0.05, 0) is 52.0 Å². The largest absolute Gasteiger partial charge is 0.337 e. The summed E-state index contributed by atoms with van der Waals surface area (Å²) in [6, 6.07) is 7.63. The molecule has 0 saturated carbocycles. The van der Waals surface area contributed by atoms with Crippen LogP contribution >= 0.6 is 0 Å². The number of benzene rings is 1. The van der Waals surface area contributed by atoms with Crippen LogP contribution < -0.4 is 0 Å². The maximum atomic E-state index is 12.5. The van der Waals surface area contributed by atoms with Gasteiger partial charge in [-0.3, -0.25) is 9.59 Å². The molecule has 0 N–H and O–H groups in total. The van der Waals surface area contributed by atoms with Crippen molar-refractivity contribution in [3.63, 3.8) is 0 Å². The van der Waals surface area contributed by atoms with E-state index in [1.165, 1.54) is 0 Å². The van der Waals surface area contributed by atoms with Gasteiger partial charge < -0.3 is 9.80 Å². The van der Waals surface area contributed by atoms with Crippen molar-refractivity contribution in [3.8, 4) is 0 Å². The van der Waals surface area contributed by atoms with Crippen molar-refractivity contribution in [1.82, 2.24) is 9.80 Å². The Morgan fingerprint density at radius 3 is 2.18 bits per heavy atom. The molecule has 2 aliphatic rings. The first kappa shape index (κ1) is 15.2. The second kappa shape index (κ2) is 6.21. The minimum Gasteiger partial charge on any atom is -0.337 e. The molecular formula is C18H24N2O2. The third-order valence-electron chi connectivity index (χ3n) is 4.99. The van der Waals surface area contributed by atoms with Gasteiger partial charge in [0, 0.05) is 24.6 Å². The van der Waals surface area contributed by atoms with Crippen LogP contribution in [0.15, 0.2) is 24.3 Å². The van der Waals surface area contributed by atoms with Gasteiger partial charge in [-0.25, -0.2) is 0 Å². The summed E-state index contributed by atoms with van der Waals surface area (Å²) in [7, 11) is 2.10. The van der Waals surface area contributed by atoms with Crippen LogP contribution in [0.4, 0.5) is 0 Å². The van der Waals surface area contributed by atoms with Crippen molar-refractivity contribution in [2.45, 2.75) is 19.8 Å². The number of nitrogens with zero attached hydrogens (tertiary/aromatic N) is 2. The molecule has 118 valence electrons. The molecule has 4 heteroatoms. The quantitative estimate of drug-likeness (QED) is 0.857. The van der Waals surface area contributed by atoms with Crippen LogP contribution in [0, 0.1) is 18.8 Å². The molecule has 2 heterocycles. The first-order valence-corrected chi connectivity index (χ1v) is 8.13. The lowest BCUT2D eigenvalue weighted by Gasteiger charge is -2.41. The van der Waals surface area contributed by atoms with Gasteiger partial charge in [-0.2, -0.15) is 0 Å². The molecule has 1 aromatic rings. The molecule has 0 aromatic heterocycles. The minimum atomic E-state index is 0.0485. The van der Waals surface area contributed by atoms with Crippen LogP contribution in [0.2, 0.25) is 0 Å². The summed E-state index contributed by atoms with van der Waals surface area (Å²) < 4.78 is 0. The van der Waals surface area contributed by atoms with Gasteiger partial charge in [0.2, 0.25) is 0 Å². The molecule has 0 atom stereocenters. The van der Waals surface area contributed by atoms with Crippen LogP contribution in [0.5, 0.6) is 0 Å². The fourth-order valence-electron chi connectivity index (χ4n) is 3.33. The normalized spacial score (nSPS) is 20.7. The van der Waals surface area contributed by atoms with Gasteiger partial charge in [0.25, 0.3) is 5.91 Å².